The minimum absolute atomic E-state index is 0.0191. The number of anilines is 1. The van der Waals surface area contributed by atoms with E-state index in [2.05, 4.69) is 45.5 Å². The van der Waals surface area contributed by atoms with Crippen LogP contribution in [0.25, 0.3) is 0 Å². The van der Waals surface area contributed by atoms with Gasteiger partial charge in [0.2, 0.25) is 0 Å². The molecule has 2 nitrogen and oxygen atoms in total. The summed E-state index contributed by atoms with van der Waals surface area (Å²) in [4.78, 5) is 0. The summed E-state index contributed by atoms with van der Waals surface area (Å²) < 4.78 is 20.7. The maximum absolute atomic E-state index is 13.6. The van der Waals surface area contributed by atoms with Crippen molar-refractivity contribution >= 4 is 21.6 Å². The van der Waals surface area contributed by atoms with E-state index < -0.39 is 0 Å². The standard InChI is InChI=1S/C18H17BrFNO/c19-12-5-3-11(4-6-12)17-14-2-1-9-22-18(14)15-10-13(20)7-8-16(15)21-17/h3-8,10,14,17-18,21H,1-2,9H2/t14-,17+,18-/m1/s1. The zero-order valence-electron chi connectivity index (χ0n) is 12.1. The molecule has 3 atom stereocenters. The molecule has 2 aromatic rings. The Morgan fingerprint density at radius 3 is 2.77 bits per heavy atom. The Bertz CT molecular complexity index is 688. The summed E-state index contributed by atoms with van der Waals surface area (Å²) in [7, 11) is 0. The van der Waals surface area contributed by atoms with E-state index in [4.69, 9.17) is 4.74 Å². The van der Waals surface area contributed by atoms with Crippen LogP contribution in [-0.4, -0.2) is 6.61 Å². The van der Waals surface area contributed by atoms with Crippen LogP contribution in [0.15, 0.2) is 46.9 Å². The van der Waals surface area contributed by atoms with Gasteiger partial charge in [0.15, 0.2) is 0 Å². The van der Waals surface area contributed by atoms with Crippen LogP contribution in [-0.2, 0) is 4.74 Å². The summed E-state index contributed by atoms with van der Waals surface area (Å²) in [6, 6.07) is 13.6. The van der Waals surface area contributed by atoms with Crippen molar-refractivity contribution in [3.8, 4) is 0 Å². The molecule has 1 N–H and O–H groups in total. The predicted octanol–water partition coefficient (Wildman–Crippen LogP) is 5.22. The Morgan fingerprint density at radius 2 is 1.95 bits per heavy atom. The van der Waals surface area contributed by atoms with Gasteiger partial charge in [0, 0.05) is 28.2 Å². The molecule has 0 aliphatic carbocycles. The highest BCUT2D eigenvalue weighted by Gasteiger charge is 2.39. The zero-order valence-corrected chi connectivity index (χ0v) is 13.6. The van der Waals surface area contributed by atoms with E-state index in [1.165, 1.54) is 11.6 Å². The maximum Gasteiger partial charge on any atom is 0.123 e. The van der Waals surface area contributed by atoms with Crippen molar-refractivity contribution in [3.63, 3.8) is 0 Å². The Balaban J connectivity index is 1.77. The molecule has 0 unspecified atom stereocenters. The second kappa shape index (κ2) is 5.67. The molecule has 1 fully saturated rings. The second-order valence-corrected chi connectivity index (χ2v) is 6.92. The molecule has 2 aliphatic rings. The predicted molar refractivity (Wildman–Crippen MR) is 88.3 cm³/mol. The topological polar surface area (TPSA) is 21.3 Å². The van der Waals surface area contributed by atoms with Gasteiger partial charge in [0.05, 0.1) is 12.1 Å². The lowest BCUT2D eigenvalue weighted by atomic mass is 9.77. The molecule has 0 saturated carbocycles. The van der Waals surface area contributed by atoms with Crippen LogP contribution in [0.5, 0.6) is 0 Å². The van der Waals surface area contributed by atoms with Gasteiger partial charge in [-0.2, -0.15) is 0 Å². The van der Waals surface area contributed by atoms with E-state index in [9.17, 15) is 4.39 Å². The summed E-state index contributed by atoms with van der Waals surface area (Å²) in [5.74, 6) is 0.139. The molecule has 4 heteroatoms. The fraction of sp³-hybridized carbons (Fsp3) is 0.333. The number of hydrogen-bond donors (Lipinski definition) is 1. The molecule has 2 aromatic carbocycles. The molecule has 0 radical (unpaired) electrons. The molecular weight excluding hydrogens is 345 g/mol. The molecular formula is C18H17BrFNO. The van der Waals surface area contributed by atoms with Crippen LogP contribution in [0.1, 0.15) is 36.1 Å². The van der Waals surface area contributed by atoms with E-state index in [1.54, 1.807) is 6.07 Å². The van der Waals surface area contributed by atoms with Gasteiger partial charge in [-0.3, -0.25) is 0 Å². The van der Waals surface area contributed by atoms with Gasteiger partial charge in [-0.05, 0) is 48.7 Å². The van der Waals surface area contributed by atoms with E-state index in [-0.39, 0.29) is 18.0 Å². The van der Waals surface area contributed by atoms with E-state index in [1.807, 2.05) is 6.07 Å². The second-order valence-electron chi connectivity index (χ2n) is 6.00. The molecule has 0 aromatic heterocycles. The monoisotopic (exact) mass is 361 g/mol. The van der Waals surface area contributed by atoms with E-state index >= 15 is 0 Å². The average Bonchev–Trinajstić information content (AvgIpc) is 2.55. The maximum atomic E-state index is 13.6. The summed E-state index contributed by atoms with van der Waals surface area (Å²) in [5.41, 5.74) is 3.19. The van der Waals surface area contributed by atoms with Crippen molar-refractivity contribution in [1.29, 1.82) is 0 Å². The minimum Gasteiger partial charge on any atom is -0.378 e. The normalized spacial score (nSPS) is 26.7. The lowest BCUT2D eigenvalue weighted by Crippen LogP contribution is -2.36. The van der Waals surface area contributed by atoms with Crippen molar-refractivity contribution in [2.24, 2.45) is 5.92 Å². The van der Waals surface area contributed by atoms with Crippen molar-refractivity contribution in [1.82, 2.24) is 0 Å². The number of benzene rings is 2. The van der Waals surface area contributed by atoms with Crippen LogP contribution >= 0.6 is 15.9 Å². The first-order valence-corrected chi connectivity index (χ1v) is 8.45. The molecule has 114 valence electrons. The lowest BCUT2D eigenvalue weighted by molar-refractivity contribution is -0.0382. The van der Waals surface area contributed by atoms with Crippen LogP contribution in [0.4, 0.5) is 10.1 Å². The number of ether oxygens (including phenoxy) is 1. The van der Waals surface area contributed by atoms with E-state index in [0.29, 0.717) is 5.92 Å². The third-order valence-corrected chi connectivity index (χ3v) is 5.19. The molecule has 22 heavy (non-hydrogen) atoms. The van der Waals surface area contributed by atoms with Crippen molar-refractivity contribution in [2.45, 2.75) is 25.0 Å². The lowest BCUT2D eigenvalue weighted by Gasteiger charge is -2.43. The Kier molecular flexibility index (Phi) is 3.66. The quantitative estimate of drug-likeness (QED) is 0.751. The summed E-state index contributed by atoms with van der Waals surface area (Å²) in [6.45, 7) is 0.754. The highest BCUT2D eigenvalue weighted by Crippen LogP contribution is 2.49. The zero-order chi connectivity index (χ0) is 15.1. The largest absolute Gasteiger partial charge is 0.378 e. The number of nitrogens with one attached hydrogen (secondary N) is 1. The molecule has 0 amide bonds. The number of rotatable bonds is 1. The van der Waals surface area contributed by atoms with Gasteiger partial charge >= 0.3 is 0 Å². The number of fused-ring (bicyclic) bond motifs is 3. The van der Waals surface area contributed by atoms with Crippen molar-refractivity contribution in [2.75, 3.05) is 11.9 Å². The molecule has 2 aliphatic heterocycles. The van der Waals surface area contributed by atoms with Gasteiger partial charge in [-0.25, -0.2) is 4.39 Å². The van der Waals surface area contributed by atoms with Crippen LogP contribution in [0.3, 0.4) is 0 Å². The molecule has 1 saturated heterocycles. The average molecular weight is 362 g/mol. The molecule has 0 spiro atoms. The number of halogens is 2. The third-order valence-electron chi connectivity index (χ3n) is 4.66. The van der Waals surface area contributed by atoms with Gasteiger partial charge in [0.1, 0.15) is 5.82 Å². The summed E-state index contributed by atoms with van der Waals surface area (Å²) >= 11 is 3.49. The third kappa shape index (κ3) is 2.44. The van der Waals surface area contributed by atoms with Crippen molar-refractivity contribution < 1.29 is 9.13 Å². The van der Waals surface area contributed by atoms with Gasteiger partial charge in [0.25, 0.3) is 0 Å². The first kappa shape index (κ1) is 14.2. The van der Waals surface area contributed by atoms with Crippen molar-refractivity contribution in [3.05, 3.63) is 63.9 Å². The Labute approximate surface area is 137 Å². The van der Waals surface area contributed by atoms with Gasteiger partial charge in [-0.15, -0.1) is 0 Å². The minimum atomic E-state index is -0.199. The van der Waals surface area contributed by atoms with E-state index in [0.717, 1.165) is 35.2 Å². The smallest absolute Gasteiger partial charge is 0.123 e. The van der Waals surface area contributed by atoms with Gasteiger partial charge < -0.3 is 10.1 Å². The van der Waals surface area contributed by atoms with Crippen LogP contribution in [0.2, 0.25) is 0 Å². The fourth-order valence-corrected chi connectivity index (χ4v) is 3.91. The first-order valence-electron chi connectivity index (χ1n) is 7.65. The molecule has 2 heterocycles. The Hall–Kier alpha value is -1.39. The summed E-state index contributed by atoms with van der Waals surface area (Å²) in [5, 5.41) is 3.60. The molecule has 0 bridgehead atoms. The van der Waals surface area contributed by atoms with Gasteiger partial charge in [-0.1, -0.05) is 28.1 Å². The SMILES string of the molecule is Fc1ccc2c(c1)[C@@H]1OCCC[C@@H]1[C@H](c1ccc(Br)cc1)N2. The fourth-order valence-electron chi connectivity index (χ4n) is 3.64. The molecule has 4 rings (SSSR count). The summed E-state index contributed by atoms with van der Waals surface area (Å²) in [6.07, 6.45) is 2.13. The van der Waals surface area contributed by atoms with Crippen LogP contribution < -0.4 is 5.32 Å². The highest BCUT2D eigenvalue weighted by molar-refractivity contribution is 9.10. The van der Waals surface area contributed by atoms with Crippen LogP contribution in [0, 0.1) is 11.7 Å². The first-order chi connectivity index (χ1) is 10.7. The highest BCUT2D eigenvalue weighted by atomic mass is 79.9. The number of hydrogen-bond acceptors (Lipinski definition) is 2. The Morgan fingerprint density at radius 1 is 1.14 bits per heavy atom.